The molecular formula is C13H23BO4S. The largest absolute Gasteiger partial charge is 0.486 e. The minimum absolute atomic E-state index is 0.297. The predicted octanol–water partition coefficient (Wildman–Crippen LogP) is 2.00. The van der Waals surface area contributed by atoms with Crippen LogP contribution in [0.15, 0.2) is 12.1 Å². The summed E-state index contributed by atoms with van der Waals surface area (Å²) in [4.78, 5) is 0. The van der Waals surface area contributed by atoms with Crippen LogP contribution in [0.25, 0.3) is 0 Å². The SMILES string of the molecule is CC1(C)OB(/C=C/C2CCS(=O)(=O)CC2)OC1(C)C. The first-order chi connectivity index (χ1) is 8.61. The van der Waals surface area contributed by atoms with Crippen molar-refractivity contribution in [1.29, 1.82) is 0 Å². The summed E-state index contributed by atoms with van der Waals surface area (Å²) in [6.45, 7) is 8.09. The van der Waals surface area contributed by atoms with E-state index in [2.05, 4.69) is 6.08 Å². The first-order valence-electron chi connectivity index (χ1n) is 6.86. The zero-order valence-electron chi connectivity index (χ0n) is 12.2. The second kappa shape index (κ2) is 4.90. The van der Waals surface area contributed by atoms with Gasteiger partial charge in [0.05, 0.1) is 22.7 Å². The number of rotatable bonds is 2. The molecule has 0 bridgehead atoms. The summed E-state index contributed by atoms with van der Waals surface area (Å²) in [5.41, 5.74) is -0.643. The van der Waals surface area contributed by atoms with Gasteiger partial charge in [-0.15, -0.1) is 0 Å². The topological polar surface area (TPSA) is 52.6 Å². The van der Waals surface area contributed by atoms with Gasteiger partial charge in [-0.2, -0.15) is 0 Å². The van der Waals surface area contributed by atoms with Crippen molar-refractivity contribution in [2.24, 2.45) is 5.92 Å². The predicted molar refractivity (Wildman–Crippen MR) is 76.6 cm³/mol. The van der Waals surface area contributed by atoms with Crippen molar-refractivity contribution in [2.75, 3.05) is 11.5 Å². The fraction of sp³-hybridized carbons (Fsp3) is 0.846. The molecule has 0 saturated carbocycles. The van der Waals surface area contributed by atoms with Crippen molar-refractivity contribution in [1.82, 2.24) is 0 Å². The smallest absolute Gasteiger partial charge is 0.400 e. The standard InChI is InChI=1S/C13H23BO4S/c1-12(2)13(3,4)18-14(17-12)8-5-11-6-9-19(15,16)10-7-11/h5,8,11H,6-7,9-10H2,1-4H3/b8-5+. The number of hydrogen-bond donors (Lipinski definition) is 0. The van der Waals surface area contributed by atoms with Gasteiger partial charge in [-0.25, -0.2) is 8.42 Å². The van der Waals surface area contributed by atoms with E-state index in [0.717, 1.165) is 0 Å². The van der Waals surface area contributed by atoms with Gasteiger partial charge in [0.15, 0.2) is 0 Å². The van der Waals surface area contributed by atoms with E-state index >= 15 is 0 Å². The molecule has 0 atom stereocenters. The van der Waals surface area contributed by atoms with E-state index in [9.17, 15) is 8.42 Å². The Kier molecular flexibility index (Phi) is 3.89. The Bertz CT molecular complexity index is 437. The molecular weight excluding hydrogens is 263 g/mol. The molecule has 4 nitrogen and oxygen atoms in total. The first-order valence-corrected chi connectivity index (χ1v) is 8.68. The van der Waals surface area contributed by atoms with Crippen LogP contribution < -0.4 is 0 Å². The number of hydrogen-bond acceptors (Lipinski definition) is 4. The number of sulfone groups is 1. The molecule has 2 aliphatic rings. The Morgan fingerprint density at radius 1 is 1.05 bits per heavy atom. The molecule has 108 valence electrons. The summed E-state index contributed by atoms with van der Waals surface area (Å²) in [6.07, 6.45) is 3.47. The molecule has 2 fully saturated rings. The zero-order valence-corrected chi connectivity index (χ0v) is 13.0. The third-order valence-electron chi connectivity index (χ3n) is 4.41. The van der Waals surface area contributed by atoms with E-state index in [-0.39, 0.29) is 18.3 Å². The maximum atomic E-state index is 11.4. The van der Waals surface area contributed by atoms with Crippen molar-refractivity contribution in [2.45, 2.75) is 51.7 Å². The van der Waals surface area contributed by atoms with Crippen molar-refractivity contribution < 1.29 is 17.7 Å². The fourth-order valence-electron chi connectivity index (χ4n) is 2.32. The maximum absolute atomic E-state index is 11.4. The summed E-state index contributed by atoms with van der Waals surface area (Å²) in [7, 11) is -3.12. The fourth-order valence-corrected chi connectivity index (χ4v) is 3.84. The van der Waals surface area contributed by atoms with E-state index < -0.39 is 9.84 Å². The molecule has 19 heavy (non-hydrogen) atoms. The van der Waals surface area contributed by atoms with Crippen molar-refractivity contribution in [3.05, 3.63) is 12.1 Å². The van der Waals surface area contributed by atoms with Crippen LogP contribution in [0.3, 0.4) is 0 Å². The summed E-state index contributed by atoms with van der Waals surface area (Å²) < 4.78 is 34.4. The second-order valence-electron chi connectivity index (χ2n) is 6.50. The van der Waals surface area contributed by atoms with Gasteiger partial charge in [0.2, 0.25) is 0 Å². The lowest BCUT2D eigenvalue weighted by Crippen LogP contribution is -2.41. The Morgan fingerprint density at radius 3 is 2.00 bits per heavy atom. The van der Waals surface area contributed by atoms with Crippen LogP contribution in [0.4, 0.5) is 0 Å². The minimum Gasteiger partial charge on any atom is -0.400 e. The van der Waals surface area contributed by atoms with E-state index in [4.69, 9.17) is 9.31 Å². The third kappa shape index (κ3) is 3.41. The van der Waals surface area contributed by atoms with Gasteiger partial charge in [-0.3, -0.25) is 0 Å². The van der Waals surface area contributed by atoms with Gasteiger partial charge in [0, 0.05) is 0 Å². The quantitative estimate of drug-likeness (QED) is 0.729. The molecule has 0 aromatic carbocycles. The molecule has 0 unspecified atom stereocenters. The Morgan fingerprint density at radius 2 is 1.53 bits per heavy atom. The average molecular weight is 286 g/mol. The summed E-state index contributed by atoms with van der Waals surface area (Å²) in [5, 5.41) is 0. The van der Waals surface area contributed by atoms with Gasteiger partial charge in [0.25, 0.3) is 0 Å². The molecule has 2 saturated heterocycles. The Hall–Kier alpha value is -0.325. The van der Waals surface area contributed by atoms with Crippen LogP contribution in [0.5, 0.6) is 0 Å². The van der Waals surface area contributed by atoms with Crippen LogP contribution in [0, 0.1) is 5.92 Å². The second-order valence-corrected chi connectivity index (χ2v) is 8.80. The first kappa shape index (κ1) is 15.1. The van der Waals surface area contributed by atoms with Crippen LogP contribution in [0.1, 0.15) is 40.5 Å². The monoisotopic (exact) mass is 286 g/mol. The van der Waals surface area contributed by atoms with E-state index in [1.54, 1.807) is 0 Å². The molecule has 0 aliphatic carbocycles. The maximum Gasteiger partial charge on any atom is 0.486 e. The summed E-state index contributed by atoms with van der Waals surface area (Å²) >= 11 is 0. The molecule has 2 rings (SSSR count). The van der Waals surface area contributed by atoms with E-state index in [1.165, 1.54) is 0 Å². The normalized spacial score (nSPS) is 30.0. The van der Waals surface area contributed by atoms with Gasteiger partial charge >= 0.3 is 7.12 Å². The molecule has 6 heteroatoms. The molecule has 0 aromatic rings. The van der Waals surface area contributed by atoms with Crippen molar-refractivity contribution in [3.63, 3.8) is 0 Å². The molecule has 0 radical (unpaired) electrons. The summed E-state index contributed by atoms with van der Waals surface area (Å²) in [6, 6.07) is 0. The van der Waals surface area contributed by atoms with Gasteiger partial charge in [-0.05, 0) is 46.5 Å². The summed E-state index contributed by atoms with van der Waals surface area (Å²) in [5.74, 6) is 2.85. The molecule has 0 amide bonds. The Labute approximate surface area is 116 Å². The van der Waals surface area contributed by atoms with Crippen molar-refractivity contribution >= 4 is 17.0 Å². The lowest BCUT2D eigenvalue weighted by molar-refractivity contribution is 0.00578. The lowest BCUT2D eigenvalue weighted by atomic mass is 9.87. The highest BCUT2D eigenvalue weighted by Crippen LogP contribution is 2.37. The third-order valence-corrected chi connectivity index (χ3v) is 6.13. The lowest BCUT2D eigenvalue weighted by Gasteiger charge is -2.32. The van der Waals surface area contributed by atoms with Gasteiger partial charge < -0.3 is 9.31 Å². The molecule has 2 aliphatic heterocycles. The van der Waals surface area contributed by atoms with E-state index in [1.807, 2.05) is 33.7 Å². The molecule has 2 heterocycles. The average Bonchev–Trinajstić information content (AvgIpc) is 2.46. The Balaban J connectivity index is 1.91. The molecule has 0 aromatic heterocycles. The van der Waals surface area contributed by atoms with Crippen LogP contribution in [0.2, 0.25) is 0 Å². The highest BCUT2D eigenvalue weighted by molar-refractivity contribution is 7.91. The molecule has 0 N–H and O–H groups in total. The van der Waals surface area contributed by atoms with Crippen molar-refractivity contribution in [3.8, 4) is 0 Å². The van der Waals surface area contributed by atoms with Gasteiger partial charge in [0.1, 0.15) is 9.84 Å². The van der Waals surface area contributed by atoms with Crippen LogP contribution in [-0.2, 0) is 19.1 Å². The highest BCUT2D eigenvalue weighted by atomic mass is 32.2. The van der Waals surface area contributed by atoms with Gasteiger partial charge in [-0.1, -0.05) is 12.1 Å². The van der Waals surface area contributed by atoms with Crippen LogP contribution >= 0.6 is 0 Å². The van der Waals surface area contributed by atoms with Crippen LogP contribution in [-0.4, -0.2) is 38.2 Å². The molecule has 0 spiro atoms. The number of allylic oxidation sites excluding steroid dienone is 1. The minimum atomic E-state index is -2.79. The van der Waals surface area contributed by atoms with E-state index in [0.29, 0.717) is 30.3 Å². The zero-order chi connectivity index (χ0) is 14.3. The highest BCUT2D eigenvalue weighted by Gasteiger charge is 2.50.